The first-order chi connectivity index (χ1) is 12.1. The van der Waals surface area contributed by atoms with Crippen molar-refractivity contribution >= 4 is 11.6 Å². The molecule has 0 heterocycles. The van der Waals surface area contributed by atoms with Crippen LogP contribution in [0.4, 0.5) is 23.2 Å². The lowest BCUT2D eigenvalue weighted by Gasteiger charge is -2.24. The van der Waals surface area contributed by atoms with Gasteiger partial charge in [-0.05, 0) is 55.9 Å². The number of alkyl halides is 3. The van der Waals surface area contributed by atoms with Crippen molar-refractivity contribution in [2.45, 2.75) is 25.9 Å². The van der Waals surface area contributed by atoms with E-state index >= 15 is 0 Å². The van der Waals surface area contributed by atoms with Gasteiger partial charge in [-0.2, -0.15) is 0 Å². The fraction of sp³-hybridized carbons (Fsp3) is 0.278. The van der Waals surface area contributed by atoms with Gasteiger partial charge in [0.15, 0.2) is 0 Å². The molecule has 0 bridgehead atoms. The third kappa shape index (κ3) is 6.03. The first-order valence-electron chi connectivity index (χ1n) is 7.75. The highest BCUT2D eigenvalue weighted by Crippen LogP contribution is 2.24. The quantitative estimate of drug-likeness (QED) is 0.776. The Hall–Kier alpha value is -2.61. The third-order valence-corrected chi connectivity index (χ3v) is 3.72. The van der Waals surface area contributed by atoms with Crippen molar-refractivity contribution < 1.29 is 27.1 Å². The molecule has 26 heavy (non-hydrogen) atoms. The van der Waals surface area contributed by atoms with Crippen LogP contribution in [-0.4, -0.2) is 30.3 Å². The van der Waals surface area contributed by atoms with E-state index < -0.39 is 12.4 Å². The summed E-state index contributed by atoms with van der Waals surface area (Å²) in [6, 6.07) is 10.4. The minimum absolute atomic E-state index is 0.339. The topological polar surface area (TPSA) is 41.6 Å². The molecule has 0 aliphatic rings. The fourth-order valence-corrected chi connectivity index (χ4v) is 2.25. The Morgan fingerprint density at radius 3 is 2.42 bits per heavy atom. The molecule has 0 aromatic heterocycles. The molecule has 2 aromatic rings. The molecule has 0 spiro atoms. The molecule has 1 atom stereocenters. The van der Waals surface area contributed by atoms with Crippen molar-refractivity contribution in [3.05, 3.63) is 59.9 Å². The second kappa shape index (κ2) is 8.18. The Labute approximate surface area is 148 Å². The van der Waals surface area contributed by atoms with E-state index in [1.165, 1.54) is 24.3 Å². The SMILES string of the molecule is C[C@@H](C(=O)Nc1ccc(OC(F)(F)F)cc1)N(C)Cc1cccc(F)c1. The summed E-state index contributed by atoms with van der Waals surface area (Å²) >= 11 is 0. The number of hydrogen-bond acceptors (Lipinski definition) is 3. The van der Waals surface area contributed by atoms with Gasteiger partial charge in [-0.1, -0.05) is 12.1 Å². The van der Waals surface area contributed by atoms with Gasteiger partial charge >= 0.3 is 6.36 Å². The number of anilines is 1. The van der Waals surface area contributed by atoms with E-state index in [0.29, 0.717) is 12.2 Å². The molecule has 140 valence electrons. The van der Waals surface area contributed by atoms with Crippen LogP contribution in [0.3, 0.4) is 0 Å². The van der Waals surface area contributed by atoms with Crippen LogP contribution in [0.1, 0.15) is 12.5 Å². The van der Waals surface area contributed by atoms with Crippen LogP contribution in [-0.2, 0) is 11.3 Å². The standard InChI is InChI=1S/C18H18F4N2O2/c1-12(24(2)11-13-4-3-5-14(19)10-13)17(25)23-15-6-8-16(9-7-15)26-18(20,21)22/h3-10,12H,11H2,1-2H3,(H,23,25)/t12-/m0/s1. The van der Waals surface area contributed by atoms with Gasteiger partial charge in [0.1, 0.15) is 11.6 Å². The van der Waals surface area contributed by atoms with Crippen LogP contribution < -0.4 is 10.1 Å². The van der Waals surface area contributed by atoms with Crippen molar-refractivity contribution in [2.75, 3.05) is 12.4 Å². The Bertz CT molecular complexity index is 748. The molecule has 0 aliphatic heterocycles. The van der Waals surface area contributed by atoms with Crippen LogP contribution in [0.5, 0.6) is 5.75 Å². The first kappa shape index (κ1) is 19.7. The molecule has 1 N–H and O–H groups in total. The number of carbonyl (C=O) groups excluding carboxylic acids is 1. The van der Waals surface area contributed by atoms with Crippen molar-refractivity contribution in [3.63, 3.8) is 0 Å². The predicted octanol–water partition coefficient (Wildman–Crippen LogP) is 4.18. The number of likely N-dealkylation sites (N-methyl/N-ethyl adjacent to an activating group) is 1. The molecular weight excluding hydrogens is 352 g/mol. The largest absolute Gasteiger partial charge is 0.573 e. The zero-order valence-corrected chi connectivity index (χ0v) is 14.2. The summed E-state index contributed by atoms with van der Waals surface area (Å²) in [6.45, 7) is 2.04. The molecule has 0 saturated heterocycles. The zero-order valence-electron chi connectivity index (χ0n) is 14.2. The smallest absolute Gasteiger partial charge is 0.406 e. The molecule has 2 rings (SSSR count). The van der Waals surface area contributed by atoms with Gasteiger partial charge in [0.05, 0.1) is 6.04 Å². The minimum Gasteiger partial charge on any atom is -0.406 e. The van der Waals surface area contributed by atoms with Gasteiger partial charge in [-0.25, -0.2) is 4.39 Å². The Balaban J connectivity index is 1.93. The van der Waals surface area contributed by atoms with Gasteiger partial charge in [0, 0.05) is 12.2 Å². The number of ether oxygens (including phenoxy) is 1. The van der Waals surface area contributed by atoms with Crippen molar-refractivity contribution in [3.8, 4) is 5.75 Å². The lowest BCUT2D eigenvalue weighted by molar-refractivity contribution is -0.274. The van der Waals surface area contributed by atoms with Crippen LogP contribution in [0.15, 0.2) is 48.5 Å². The summed E-state index contributed by atoms with van der Waals surface area (Å²) in [5, 5.41) is 2.62. The fourth-order valence-electron chi connectivity index (χ4n) is 2.25. The van der Waals surface area contributed by atoms with Gasteiger partial charge in [0.2, 0.25) is 5.91 Å². The van der Waals surface area contributed by atoms with Crippen LogP contribution in [0, 0.1) is 5.82 Å². The Morgan fingerprint density at radius 1 is 1.19 bits per heavy atom. The first-order valence-corrected chi connectivity index (χ1v) is 7.75. The normalized spacial score (nSPS) is 12.7. The van der Waals surface area contributed by atoms with E-state index in [1.807, 2.05) is 0 Å². The van der Waals surface area contributed by atoms with E-state index in [-0.39, 0.29) is 17.5 Å². The lowest BCUT2D eigenvalue weighted by atomic mass is 10.2. The predicted molar refractivity (Wildman–Crippen MR) is 89.1 cm³/mol. The van der Waals surface area contributed by atoms with Gasteiger partial charge in [0.25, 0.3) is 0 Å². The molecule has 4 nitrogen and oxygen atoms in total. The maximum Gasteiger partial charge on any atom is 0.573 e. The number of nitrogens with one attached hydrogen (secondary N) is 1. The number of benzene rings is 2. The second-order valence-electron chi connectivity index (χ2n) is 5.78. The van der Waals surface area contributed by atoms with Crippen LogP contribution in [0.2, 0.25) is 0 Å². The summed E-state index contributed by atoms with van der Waals surface area (Å²) in [5.74, 6) is -1.06. The monoisotopic (exact) mass is 370 g/mol. The Kier molecular flexibility index (Phi) is 6.20. The van der Waals surface area contributed by atoms with E-state index in [2.05, 4.69) is 10.1 Å². The summed E-state index contributed by atoms with van der Waals surface area (Å²) in [4.78, 5) is 14.0. The summed E-state index contributed by atoms with van der Waals surface area (Å²) < 4.78 is 53.4. The highest BCUT2D eigenvalue weighted by Gasteiger charge is 2.31. The van der Waals surface area contributed by atoms with Crippen molar-refractivity contribution in [1.29, 1.82) is 0 Å². The average Bonchev–Trinajstić information content (AvgIpc) is 2.54. The number of hydrogen-bond donors (Lipinski definition) is 1. The van der Waals surface area contributed by atoms with Gasteiger partial charge in [-0.15, -0.1) is 13.2 Å². The minimum atomic E-state index is -4.76. The van der Waals surface area contributed by atoms with E-state index in [0.717, 1.165) is 17.7 Å². The van der Waals surface area contributed by atoms with E-state index in [1.54, 1.807) is 31.0 Å². The summed E-state index contributed by atoms with van der Waals surface area (Å²) in [6.07, 6.45) is -4.76. The maximum atomic E-state index is 13.2. The molecule has 0 fully saturated rings. The molecule has 8 heteroatoms. The molecular formula is C18H18F4N2O2. The highest BCUT2D eigenvalue weighted by atomic mass is 19.4. The van der Waals surface area contributed by atoms with Crippen molar-refractivity contribution in [1.82, 2.24) is 4.90 Å². The number of nitrogens with zero attached hydrogens (tertiary/aromatic N) is 1. The molecule has 0 radical (unpaired) electrons. The van der Waals surface area contributed by atoms with Crippen LogP contribution >= 0.6 is 0 Å². The summed E-state index contributed by atoms with van der Waals surface area (Å²) in [5.41, 5.74) is 1.07. The molecule has 2 aromatic carbocycles. The molecule has 1 amide bonds. The van der Waals surface area contributed by atoms with E-state index in [4.69, 9.17) is 0 Å². The zero-order chi connectivity index (χ0) is 19.3. The van der Waals surface area contributed by atoms with E-state index in [9.17, 15) is 22.4 Å². The average molecular weight is 370 g/mol. The maximum absolute atomic E-state index is 13.2. The number of carbonyl (C=O) groups is 1. The highest BCUT2D eigenvalue weighted by molar-refractivity contribution is 5.94. The second-order valence-corrected chi connectivity index (χ2v) is 5.78. The number of amides is 1. The molecule has 0 saturated carbocycles. The van der Waals surface area contributed by atoms with Gasteiger partial charge < -0.3 is 10.1 Å². The molecule has 0 aliphatic carbocycles. The Morgan fingerprint density at radius 2 is 1.85 bits per heavy atom. The van der Waals surface area contributed by atoms with Crippen molar-refractivity contribution in [2.24, 2.45) is 0 Å². The number of rotatable bonds is 6. The third-order valence-electron chi connectivity index (χ3n) is 3.72. The molecule has 0 unspecified atom stereocenters. The lowest BCUT2D eigenvalue weighted by Crippen LogP contribution is -2.39. The number of halogens is 4. The van der Waals surface area contributed by atoms with Gasteiger partial charge in [-0.3, -0.25) is 9.69 Å². The summed E-state index contributed by atoms with van der Waals surface area (Å²) in [7, 11) is 1.72. The van der Waals surface area contributed by atoms with Crippen LogP contribution in [0.25, 0.3) is 0 Å².